The third-order valence-electron chi connectivity index (χ3n) is 4.10. The summed E-state index contributed by atoms with van der Waals surface area (Å²) >= 11 is 0. The average Bonchev–Trinajstić information content (AvgIpc) is 2.39. The van der Waals surface area contributed by atoms with Gasteiger partial charge in [0.2, 0.25) is 5.91 Å². The Bertz CT molecular complexity index is 412. The van der Waals surface area contributed by atoms with Crippen LogP contribution in [0.1, 0.15) is 46.5 Å². The first-order valence-electron chi connectivity index (χ1n) is 7.85. The molecular formula is C15H27N3O4. The number of rotatable bonds is 6. The normalized spacial score (nSPS) is 21.7. The molecule has 0 bridgehead atoms. The van der Waals surface area contributed by atoms with Gasteiger partial charge in [-0.05, 0) is 32.6 Å². The fourth-order valence-electron chi connectivity index (χ4n) is 2.68. The van der Waals surface area contributed by atoms with Gasteiger partial charge in [-0.1, -0.05) is 19.8 Å². The van der Waals surface area contributed by atoms with Crippen LogP contribution in [0.4, 0.5) is 4.79 Å². The molecule has 1 aliphatic rings. The minimum Gasteiger partial charge on any atom is -0.480 e. The summed E-state index contributed by atoms with van der Waals surface area (Å²) in [5.74, 6) is -1.08. The highest BCUT2D eigenvalue weighted by Gasteiger charge is 2.24. The standard InChI is InChI=1S/C15H27N3O4/c1-10(2)18(9-14(20)21)8-13(19)17-15(22)16-12-7-5-4-6-11(12)3/h10-12H,4-9H2,1-3H3,(H,20,21)(H2,16,17,19,22). The highest BCUT2D eigenvalue weighted by molar-refractivity contribution is 5.95. The van der Waals surface area contributed by atoms with Crippen LogP contribution in [0, 0.1) is 5.92 Å². The molecule has 0 radical (unpaired) electrons. The second-order valence-corrected chi connectivity index (χ2v) is 6.28. The van der Waals surface area contributed by atoms with E-state index in [0.717, 1.165) is 19.3 Å². The molecule has 0 aliphatic heterocycles. The van der Waals surface area contributed by atoms with E-state index in [2.05, 4.69) is 17.6 Å². The van der Waals surface area contributed by atoms with Crippen molar-refractivity contribution in [3.63, 3.8) is 0 Å². The van der Waals surface area contributed by atoms with Gasteiger partial charge in [-0.25, -0.2) is 4.79 Å². The zero-order valence-electron chi connectivity index (χ0n) is 13.6. The Morgan fingerprint density at radius 3 is 2.36 bits per heavy atom. The van der Waals surface area contributed by atoms with Crippen LogP contribution in [-0.2, 0) is 9.59 Å². The van der Waals surface area contributed by atoms with Crippen LogP contribution in [0.15, 0.2) is 0 Å². The van der Waals surface area contributed by atoms with Crippen LogP contribution in [0.2, 0.25) is 0 Å². The Morgan fingerprint density at radius 1 is 1.18 bits per heavy atom. The van der Waals surface area contributed by atoms with Gasteiger partial charge in [0.25, 0.3) is 0 Å². The van der Waals surface area contributed by atoms with Crippen molar-refractivity contribution in [2.75, 3.05) is 13.1 Å². The fourth-order valence-corrected chi connectivity index (χ4v) is 2.68. The number of urea groups is 1. The lowest BCUT2D eigenvalue weighted by Gasteiger charge is -2.29. The molecule has 1 aliphatic carbocycles. The number of carbonyl (C=O) groups is 3. The molecule has 3 N–H and O–H groups in total. The monoisotopic (exact) mass is 313 g/mol. The lowest BCUT2D eigenvalue weighted by atomic mass is 9.86. The number of imide groups is 1. The minimum atomic E-state index is -0.998. The molecule has 0 heterocycles. The molecular weight excluding hydrogens is 286 g/mol. The van der Waals surface area contributed by atoms with E-state index in [9.17, 15) is 14.4 Å². The average molecular weight is 313 g/mol. The van der Waals surface area contributed by atoms with Crippen LogP contribution in [-0.4, -0.2) is 53.1 Å². The Labute approximate surface area is 131 Å². The second-order valence-electron chi connectivity index (χ2n) is 6.28. The van der Waals surface area contributed by atoms with Crippen LogP contribution < -0.4 is 10.6 Å². The third-order valence-corrected chi connectivity index (χ3v) is 4.10. The van der Waals surface area contributed by atoms with Crippen molar-refractivity contribution in [2.45, 2.75) is 58.5 Å². The predicted molar refractivity (Wildman–Crippen MR) is 82.4 cm³/mol. The highest BCUT2D eigenvalue weighted by atomic mass is 16.4. The molecule has 1 rings (SSSR count). The molecule has 0 aromatic heterocycles. The van der Waals surface area contributed by atoms with Gasteiger partial charge in [-0.3, -0.25) is 19.8 Å². The van der Waals surface area contributed by atoms with Gasteiger partial charge in [0, 0.05) is 12.1 Å². The lowest BCUT2D eigenvalue weighted by molar-refractivity contribution is -0.139. The van der Waals surface area contributed by atoms with E-state index in [0.29, 0.717) is 5.92 Å². The van der Waals surface area contributed by atoms with Crippen molar-refractivity contribution in [1.82, 2.24) is 15.5 Å². The number of hydrogen-bond donors (Lipinski definition) is 3. The van der Waals surface area contributed by atoms with Gasteiger partial charge in [0.05, 0.1) is 13.1 Å². The first-order chi connectivity index (χ1) is 10.3. The van der Waals surface area contributed by atoms with E-state index < -0.39 is 17.9 Å². The summed E-state index contributed by atoms with van der Waals surface area (Å²) in [4.78, 5) is 36.0. The molecule has 0 spiro atoms. The Kier molecular flexibility index (Phi) is 7.31. The van der Waals surface area contributed by atoms with Crippen LogP contribution >= 0.6 is 0 Å². The number of amides is 3. The Hall–Kier alpha value is -1.63. The Morgan fingerprint density at radius 2 is 1.82 bits per heavy atom. The molecule has 7 nitrogen and oxygen atoms in total. The Balaban J connectivity index is 2.42. The summed E-state index contributed by atoms with van der Waals surface area (Å²) in [5.41, 5.74) is 0. The number of aliphatic carboxylic acids is 1. The SMILES string of the molecule is CC1CCCCC1NC(=O)NC(=O)CN(CC(=O)O)C(C)C. The molecule has 2 atom stereocenters. The largest absolute Gasteiger partial charge is 0.480 e. The number of carboxylic acid groups (broad SMARTS) is 1. The maximum atomic E-state index is 11.9. The summed E-state index contributed by atoms with van der Waals surface area (Å²) in [6, 6.07) is -0.493. The van der Waals surface area contributed by atoms with Crippen molar-refractivity contribution in [3.05, 3.63) is 0 Å². The van der Waals surface area contributed by atoms with Gasteiger partial charge in [0.15, 0.2) is 0 Å². The zero-order valence-corrected chi connectivity index (χ0v) is 13.6. The number of nitrogens with one attached hydrogen (secondary N) is 2. The van der Waals surface area contributed by atoms with Crippen LogP contribution in [0.5, 0.6) is 0 Å². The smallest absolute Gasteiger partial charge is 0.321 e. The lowest BCUT2D eigenvalue weighted by Crippen LogP contribution is -2.51. The summed E-state index contributed by atoms with van der Waals surface area (Å²) in [7, 11) is 0. The summed E-state index contributed by atoms with van der Waals surface area (Å²) < 4.78 is 0. The van der Waals surface area contributed by atoms with Crippen molar-refractivity contribution in [3.8, 4) is 0 Å². The van der Waals surface area contributed by atoms with Gasteiger partial charge in [0.1, 0.15) is 0 Å². The van der Waals surface area contributed by atoms with Gasteiger partial charge in [-0.2, -0.15) is 0 Å². The molecule has 2 unspecified atom stereocenters. The van der Waals surface area contributed by atoms with Gasteiger partial charge >= 0.3 is 12.0 Å². The van der Waals surface area contributed by atoms with Crippen molar-refractivity contribution < 1.29 is 19.5 Å². The molecule has 7 heteroatoms. The molecule has 1 saturated carbocycles. The molecule has 1 fully saturated rings. The zero-order chi connectivity index (χ0) is 16.7. The first-order valence-corrected chi connectivity index (χ1v) is 7.85. The van der Waals surface area contributed by atoms with E-state index in [4.69, 9.17) is 5.11 Å². The molecule has 126 valence electrons. The third kappa shape index (κ3) is 6.43. The molecule has 0 aromatic carbocycles. The van der Waals surface area contributed by atoms with Crippen LogP contribution in [0.3, 0.4) is 0 Å². The maximum absolute atomic E-state index is 11.9. The predicted octanol–water partition coefficient (Wildman–Crippen LogP) is 1.19. The van der Waals surface area contributed by atoms with Crippen molar-refractivity contribution >= 4 is 17.9 Å². The summed E-state index contributed by atoms with van der Waals surface area (Å²) in [5, 5.41) is 13.9. The van der Waals surface area contributed by atoms with E-state index in [1.54, 1.807) is 13.8 Å². The number of nitrogens with zero attached hydrogens (tertiary/aromatic N) is 1. The van der Waals surface area contributed by atoms with Gasteiger partial charge in [-0.15, -0.1) is 0 Å². The quantitative estimate of drug-likeness (QED) is 0.684. The first kappa shape index (κ1) is 18.4. The number of carboxylic acids is 1. The topological polar surface area (TPSA) is 98.7 Å². The molecule has 3 amide bonds. The fraction of sp³-hybridized carbons (Fsp3) is 0.800. The minimum absolute atomic E-state index is 0.0942. The highest BCUT2D eigenvalue weighted by Crippen LogP contribution is 2.23. The van der Waals surface area contributed by atoms with Crippen molar-refractivity contribution in [1.29, 1.82) is 0 Å². The molecule has 22 heavy (non-hydrogen) atoms. The van der Waals surface area contributed by atoms with E-state index in [1.807, 2.05) is 0 Å². The molecule has 0 aromatic rings. The summed E-state index contributed by atoms with van der Waals surface area (Å²) in [6.45, 7) is 5.36. The summed E-state index contributed by atoms with van der Waals surface area (Å²) in [6.07, 6.45) is 4.28. The number of carbonyl (C=O) groups excluding carboxylic acids is 2. The van der Waals surface area contributed by atoms with Gasteiger partial charge < -0.3 is 10.4 Å². The van der Waals surface area contributed by atoms with Crippen molar-refractivity contribution in [2.24, 2.45) is 5.92 Å². The molecule has 0 saturated heterocycles. The van der Waals surface area contributed by atoms with E-state index >= 15 is 0 Å². The second kappa shape index (κ2) is 8.73. The maximum Gasteiger partial charge on any atom is 0.321 e. The van der Waals surface area contributed by atoms with E-state index in [1.165, 1.54) is 11.3 Å². The van der Waals surface area contributed by atoms with E-state index in [-0.39, 0.29) is 25.2 Å². The van der Waals surface area contributed by atoms with Crippen LogP contribution in [0.25, 0.3) is 0 Å². The number of hydrogen-bond acceptors (Lipinski definition) is 4.